The number of nitrogens with two attached hydrogens (primary N) is 1. The SMILES string of the molecule is CC(CN)C(=O)Nc1ccc(NC(=O)C(C)n2cncn2)cc1. The number of anilines is 2. The van der Waals surface area contributed by atoms with Gasteiger partial charge in [0.1, 0.15) is 18.7 Å². The Kier molecular flexibility index (Phi) is 5.42. The quantitative estimate of drug-likeness (QED) is 0.735. The first kappa shape index (κ1) is 16.6. The molecule has 0 bridgehead atoms. The van der Waals surface area contributed by atoms with Gasteiger partial charge in [-0.15, -0.1) is 0 Å². The Hall–Kier alpha value is -2.74. The Bertz CT molecular complexity index is 653. The predicted molar refractivity (Wildman–Crippen MR) is 86.7 cm³/mol. The molecule has 0 aliphatic rings. The van der Waals surface area contributed by atoms with E-state index in [1.807, 2.05) is 0 Å². The molecule has 0 saturated carbocycles. The molecule has 8 heteroatoms. The van der Waals surface area contributed by atoms with Gasteiger partial charge in [0, 0.05) is 23.8 Å². The number of amides is 2. The van der Waals surface area contributed by atoms with Gasteiger partial charge in [-0.05, 0) is 31.2 Å². The third kappa shape index (κ3) is 4.36. The molecule has 1 heterocycles. The minimum absolute atomic E-state index is 0.135. The fourth-order valence-electron chi connectivity index (χ4n) is 1.79. The molecular weight excluding hydrogens is 296 g/mol. The Morgan fingerprint density at radius 2 is 1.70 bits per heavy atom. The van der Waals surface area contributed by atoms with E-state index >= 15 is 0 Å². The molecule has 0 aliphatic heterocycles. The van der Waals surface area contributed by atoms with Crippen LogP contribution in [-0.4, -0.2) is 33.1 Å². The van der Waals surface area contributed by atoms with Crippen LogP contribution in [-0.2, 0) is 9.59 Å². The maximum absolute atomic E-state index is 12.1. The van der Waals surface area contributed by atoms with Gasteiger partial charge in [0.15, 0.2) is 0 Å². The summed E-state index contributed by atoms with van der Waals surface area (Å²) in [4.78, 5) is 27.7. The number of carbonyl (C=O) groups is 2. The summed E-state index contributed by atoms with van der Waals surface area (Å²) in [5.74, 6) is -0.592. The van der Waals surface area contributed by atoms with E-state index in [2.05, 4.69) is 20.7 Å². The number of rotatable bonds is 6. The largest absolute Gasteiger partial charge is 0.330 e. The second-order valence-electron chi connectivity index (χ2n) is 5.24. The van der Waals surface area contributed by atoms with Crippen molar-refractivity contribution in [2.45, 2.75) is 19.9 Å². The number of benzene rings is 1. The van der Waals surface area contributed by atoms with Gasteiger partial charge in [-0.3, -0.25) is 9.59 Å². The van der Waals surface area contributed by atoms with Gasteiger partial charge in [-0.1, -0.05) is 6.92 Å². The molecule has 8 nitrogen and oxygen atoms in total. The zero-order chi connectivity index (χ0) is 16.8. The molecule has 0 spiro atoms. The molecule has 4 N–H and O–H groups in total. The van der Waals surface area contributed by atoms with E-state index in [-0.39, 0.29) is 17.7 Å². The van der Waals surface area contributed by atoms with Crippen molar-refractivity contribution >= 4 is 23.2 Å². The molecule has 2 unspecified atom stereocenters. The zero-order valence-corrected chi connectivity index (χ0v) is 13.1. The van der Waals surface area contributed by atoms with Crippen molar-refractivity contribution < 1.29 is 9.59 Å². The first-order chi connectivity index (χ1) is 11.0. The van der Waals surface area contributed by atoms with Gasteiger partial charge in [0.05, 0.1) is 0 Å². The second kappa shape index (κ2) is 7.50. The molecule has 0 fully saturated rings. The van der Waals surface area contributed by atoms with Gasteiger partial charge < -0.3 is 16.4 Å². The summed E-state index contributed by atoms with van der Waals surface area (Å²) < 4.78 is 1.47. The average Bonchev–Trinajstić information content (AvgIpc) is 3.09. The van der Waals surface area contributed by atoms with Crippen molar-refractivity contribution in [3.8, 4) is 0 Å². The number of aromatic nitrogens is 3. The molecule has 2 aromatic rings. The topological polar surface area (TPSA) is 115 Å². The van der Waals surface area contributed by atoms with E-state index in [0.29, 0.717) is 17.9 Å². The van der Waals surface area contributed by atoms with Crippen LogP contribution in [0.15, 0.2) is 36.9 Å². The van der Waals surface area contributed by atoms with Crippen molar-refractivity contribution in [3.05, 3.63) is 36.9 Å². The Morgan fingerprint density at radius 3 is 2.17 bits per heavy atom. The van der Waals surface area contributed by atoms with Gasteiger partial charge in [-0.2, -0.15) is 5.10 Å². The van der Waals surface area contributed by atoms with Crippen LogP contribution in [0, 0.1) is 5.92 Å². The lowest BCUT2D eigenvalue weighted by Gasteiger charge is -2.13. The molecule has 0 radical (unpaired) electrons. The molecule has 23 heavy (non-hydrogen) atoms. The smallest absolute Gasteiger partial charge is 0.249 e. The fourth-order valence-corrected chi connectivity index (χ4v) is 1.79. The maximum atomic E-state index is 12.1. The van der Waals surface area contributed by atoms with Gasteiger partial charge in [-0.25, -0.2) is 9.67 Å². The highest BCUT2D eigenvalue weighted by atomic mass is 16.2. The minimum atomic E-state index is -0.470. The summed E-state index contributed by atoms with van der Waals surface area (Å²) in [6, 6.07) is 6.40. The summed E-state index contributed by atoms with van der Waals surface area (Å²) >= 11 is 0. The van der Waals surface area contributed by atoms with E-state index < -0.39 is 6.04 Å². The Labute approximate surface area is 134 Å². The van der Waals surface area contributed by atoms with E-state index in [0.717, 1.165) is 0 Å². The summed E-state index contributed by atoms with van der Waals surface area (Å²) in [7, 11) is 0. The number of hydrogen-bond donors (Lipinski definition) is 3. The molecule has 1 aromatic heterocycles. The van der Waals surface area contributed by atoms with Gasteiger partial charge in [0.2, 0.25) is 11.8 Å². The van der Waals surface area contributed by atoms with Crippen LogP contribution in [0.4, 0.5) is 11.4 Å². The highest BCUT2D eigenvalue weighted by Gasteiger charge is 2.15. The van der Waals surface area contributed by atoms with Crippen LogP contribution in [0.2, 0.25) is 0 Å². The molecule has 0 saturated heterocycles. The van der Waals surface area contributed by atoms with E-state index in [1.54, 1.807) is 38.1 Å². The van der Waals surface area contributed by atoms with Crippen LogP contribution < -0.4 is 16.4 Å². The third-order valence-electron chi connectivity index (χ3n) is 3.43. The second-order valence-corrected chi connectivity index (χ2v) is 5.24. The monoisotopic (exact) mass is 316 g/mol. The predicted octanol–water partition coefficient (Wildman–Crippen LogP) is 1.01. The van der Waals surface area contributed by atoms with Crippen molar-refractivity contribution in [2.24, 2.45) is 11.7 Å². The lowest BCUT2D eigenvalue weighted by molar-refractivity contribution is -0.119. The molecule has 0 aliphatic carbocycles. The standard InChI is InChI=1S/C15H20N6O2/c1-10(7-16)14(22)19-12-3-5-13(6-4-12)20-15(23)11(2)21-9-17-8-18-21/h3-6,8-11H,7,16H2,1-2H3,(H,19,22)(H,20,23). The summed E-state index contributed by atoms with van der Waals surface area (Å²) in [5, 5.41) is 9.49. The minimum Gasteiger partial charge on any atom is -0.330 e. The van der Waals surface area contributed by atoms with E-state index in [1.165, 1.54) is 17.3 Å². The molecule has 2 rings (SSSR count). The first-order valence-corrected chi connectivity index (χ1v) is 7.27. The average molecular weight is 316 g/mol. The highest BCUT2D eigenvalue weighted by Crippen LogP contribution is 2.16. The number of nitrogens with one attached hydrogen (secondary N) is 2. The van der Waals surface area contributed by atoms with Crippen LogP contribution in [0.3, 0.4) is 0 Å². The normalized spacial score (nSPS) is 13.2. The fraction of sp³-hybridized carbons (Fsp3) is 0.333. The summed E-state index contributed by atoms with van der Waals surface area (Å²) in [6.07, 6.45) is 2.87. The summed E-state index contributed by atoms with van der Waals surface area (Å²) in [5.41, 5.74) is 6.74. The van der Waals surface area contributed by atoms with E-state index in [9.17, 15) is 9.59 Å². The molecule has 122 valence electrons. The first-order valence-electron chi connectivity index (χ1n) is 7.27. The van der Waals surface area contributed by atoms with Crippen molar-refractivity contribution in [1.29, 1.82) is 0 Å². The molecule has 1 aromatic carbocycles. The lowest BCUT2D eigenvalue weighted by atomic mass is 10.1. The van der Waals surface area contributed by atoms with Crippen LogP contribution >= 0.6 is 0 Å². The lowest BCUT2D eigenvalue weighted by Crippen LogP contribution is -2.26. The molecular formula is C15H20N6O2. The maximum Gasteiger partial charge on any atom is 0.249 e. The van der Waals surface area contributed by atoms with Crippen LogP contribution in [0.25, 0.3) is 0 Å². The van der Waals surface area contributed by atoms with Crippen LogP contribution in [0.1, 0.15) is 19.9 Å². The van der Waals surface area contributed by atoms with Crippen molar-refractivity contribution in [1.82, 2.24) is 14.8 Å². The Morgan fingerprint density at radius 1 is 1.13 bits per heavy atom. The zero-order valence-electron chi connectivity index (χ0n) is 13.1. The highest BCUT2D eigenvalue weighted by molar-refractivity contribution is 5.95. The third-order valence-corrected chi connectivity index (χ3v) is 3.43. The van der Waals surface area contributed by atoms with Gasteiger partial charge in [0.25, 0.3) is 0 Å². The summed E-state index contributed by atoms with van der Waals surface area (Å²) in [6.45, 7) is 3.78. The number of hydrogen-bond acceptors (Lipinski definition) is 5. The Balaban J connectivity index is 1.94. The van der Waals surface area contributed by atoms with E-state index in [4.69, 9.17) is 5.73 Å². The molecule has 2 atom stereocenters. The van der Waals surface area contributed by atoms with Crippen molar-refractivity contribution in [3.63, 3.8) is 0 Å². The van der Waals surface area contributed by atoms with Crippen molar-refractivity contribution in [2.75, 3.05) is 17.2 Å². The van der Waals surface area contributed by atoms with Crippen LogP contribution in [0.5, 0.6) is 0 Å². The molecule has 2 amide bonds. The number of carbonyl (C=O) groups excluding carboxylic acids is 2. The van der Waals surface area contributed by atoms with Gasteiger partial charge >= 0.3 is 0 Å². The number of nitrogens with zero attached hydrogens (tertiary/aromatic N) is 3.